The van der Waals surface area contributed by atoms with E-state index < -0.39 is 0 Å². The number of hydrogen-bond donors (Lipinski definition) is 2. The van der Waals surface area contributed by atoms with Crippen LogP contribution in [0.4, 0.5) is 0 Å². The van der Waals surface area contributed by atoms with Crippen LogP contribution in [-0.2, 0) is 24.4 Å². The van der Waals surface area contributed by atoms with Crippen molar-refractivity contribution in [1.29, 1.82) is 0 Å². The molecular weight excluding hydrogens is 224 g/mol. The summed E-state index contributed by atoms with van der Waals surface area (Å²) in [6, 6.07) is 6.47. The number of rotatable bonds is 3. The highest BCUT2D eigenvalue weighted by Gasteiger charge is 2.18. The van der Waals surface area contributed by atoms with Crippen LogP contribution in [0.5, 0.6) is 0 Å². The van der Waals surface area contributed by atoms with Gasteiger partial charge < -0.3 is 10.6 Å². The first-order valence-electron chi connectivity index (χ1n) is 6.57. The molecule has 1 aliphatic heterocycles. The Morgan fingerprint density at radius 1 is 1.22 bits per heavy atom. The molecule has 0 fully saturated rings. The molecule has 2 N–H and O–H groups in total. The maximum atomic E-state index is 11.9. The molecule has 18 heavy (non-hydrogen) atoms. The van der Waals surface area contributed by atoms with Gasteiger partial charge in [0, 0.05) is 25.6 Å². The predicted molar refractivity (Wildman–Crippen MR) is 70.7 cm³/mol. The minimum atomic E-state index is 0.154. The first-order valence-corrected chi connectivity index (χ1v) is 6.57. The van der Waals surface area contributed by atoms with Crippen molar-refractivity contribution in [2.24, 2.45) is 5.92 Å². The van der Waals surface area contributed by atoms with Crippen LogP contribution >= 0.6 is 0 Å². The fourth-order valence-corrected chi connectivity index (χ4v) is 2.62. The van der Waals surface area contributed by atoms with Crippen molar-refractivity contribution >= 4 is 5.91 Å². The van der Waals surface area contributed by atoms with E-state index in [-0.39, 0.29) is 11.8 Å². The van der Waals surface area contributed by atoms with Crippen molar-refractivity contribution < 1.29 is 4.79 Å². The predicted octanol–water partition coefficient (Wildman–Crippen LogP) is 1.87. The summed E-state index contributed by atoms with van der Waals surface area (Å²) < 4.78 is 0. The SMILES string of the molecule is O=C(NCc1ccc2c(c1)CNC2)C1CC=CC1. The monoisotopic (exact) mass is 242 g/mol. The Bertz CT molecular complexity index is 485. The molecule has 3 heteroatoms. The van der Waals surface area contributed by atoms with Gasteiger partial charge in [-0.15, -0.1) is 0 Å². The molecule has 0 saturated heterocycles. The normalized spacial score (nSPS) is 18.0. The molecule has 0 unspecified atom stereocenters. The quantitative estimate of drug-likeness (QED) is 0.794. The highest BCUT2D eigenvalue weighted by atomic mass is 16.1. The molecule has 1 aromatic rings. The molecule has 0 bridgehead atoms. The number of nitrogens with one attached hydrogen (secondary N) is 2. The first-order chi connectivity index (χ1) is 8.83. The molecule has 94 valence electrons. The van der Waals surface area contributed by atoms with E-state index in [0.717, 1.165) is 25.9 Å². The number of amides is 1. The maximum Gasteiger partial charge on any atom is 0.224 e. The highest BCUT2D eigenvalue weighted by molar-refractivity contribution is 5.79. The second-order valence-corrected chi connectivity index (χ2v) is 5.06. The minimum absolute atomic E-state index is 0.154. The van der Waals surface area contributed by atoms with Crippen LogP contribution < -0.4 is 10.6 Å². The Morgan fingerprint density at radius 2 is 2.00 bits per heavy atom. The summed E-state index contributed by atoms with van der Waals surface area (Å²) in [5.41, 5.74) is 3.94. The fraction of sp³-hybridized carbons (Fsp3) is 0.400. The Balaban J connectivity index is 1.58. The zero-order valence-corrected chi connectivity index (χ0v) is 10.4. The summed E-state index contributed by atoms with van der Waals surface area (Å²) in [5, 5.41) is 6.36. The van der Waals surface area contributed by atoms with Crippen molar-refractivity contribution in [1.82, 2.24) is 10.6 Å². The van der Waals surface area contributed by atoms with E-state index in [9.17, 15) is 4.79 Å². The van der Waals surface area contributed by atoms with Crippen molar-refractivity contribution in [2.75, 3.05) is 0 Å². The van der Waals surface area contributed by atoms with Gasteiger partial charge in [0.25, 0.3) is 0 Å². The van der Waals surface area contributed by atoms with Crippen LogP contribution in [0.25, 0.3) is 0 Å². The standard InChI is InChI=1S/C15H18N2O/c18-15(12-3-1-2-4-12)17-8-11-5-6-13-9-16-10-14(13)7-11/h1-2,5-7,12,16H,3-4,8-10H2,(H,17,18). The van der Waals surface area contributed by atoms with E-state index in [4.69, 9.17) is 0 Å². The topological polar surface area (TPSA) is 41.1 Å². The summed E-state index contributed by atoms with van der Waals surface area (Å²) in [6.45, 7) is 2.56. The number of benzene rings is 1. The summed E-state index contributed by atoms with van der Waals surface area (Å²) in [4.78, 5) is 11.9. The molecule has 3 rings (SSSR count). The van der Waals surface area contributed by atoms with E-state index in [1.54, 1.807) is 0 Å². The number of carbonyl (C=O) groups is 1. The molecule has 0 spiro atoms. The Labute approximate surface area is 107 Å². The lowest BCUT2D eigenvalue weighted by Crippen LogP contribution is -2.28. The third-order valence-electron chi connectivity index (χ3n) is 3.75. The lowest BCUT2D eigenvalue weighted by Gasteiger charge is -2.11. The van der Waals surface area contributed by atoms with E-state index in [1.165, 1.54) is 16.7 Å². The zero-order valence-electron chi connectivity index (χ0n) is 10.4. The van der Waals surface area contributed by atoms with Crippen molar-refractivity contribution in [3.05, 3.63) is 47.0 Å². The lowest BCUT2D eigenvalue weighted by molar-refractivity contribution is -0.124. The summed E-state index contributed by atoms with van der Waals surface area (Å²) in [6.07, 6.45) is 5.95. The second-order valence-electron chi connectivity index (χ2n) is 5.06. The average Bonchev–Trinajstić information content (AvgIpc) is 3.05. The Morgan fingerprint density at radius 3 is 2.83 bits per heavy atom. The average molecular weight is 242 g/mol. The van der Waals surface area contributed by atoms with Crippen LogP contribution in [0, 0.1) is 5.92 Å². The van der Waals surface area contributed by atoms with E-state index in [0.29, 0.717) is 6.54 Å². The summed E-state index contributed by atoms with van der Waals surface area (Å²) in [5.74, 6) is 0.333. The van der Waals surface area contributed by atoms with Crippen molar-refractivity contribution in [3.63, 3.8) is 0 Å². The summed E-state index contributed by atoms with van der Waals surface area (Å²) >= 11 is 0. The number of fused-ring (bicyclic) bond motifs is 1. The van der Waals surface area contributed by atoms with E-state index >= 15 is 0 Å². The van der Waals surface area contributed by atoms with Gasteiger partial charge in [0.1, 0.15) is 0 Å². The van der Waals surface area contributed by atoms with Gasteiger partial charge in [-0.1, -0.05) is 30.4 Å². The molecule has 3 nitrogen and oxygen atoms in total. The van der Waals surface area contributed by atoms with Gasteiger partial charge in [-0.05, 0) is 29.5 Å². The molecule has 1 heterocycles. The van der Waals surface area contributed by atoms with Gasteiger partial charge in [0.2, 0.25) is 5.91 Å². The number of carbonyl (C=O) groups excluding carboxylic acids is 1. The van der Waals surface area contributed by atoms with Gasteiger partial charge in [0.05, 0.1) is 0 Å². The molecule has 0 saturated carbocycles. The van der Waals surface area contributed by atoms with Gasteiger partial charge >= 0.3 is 0 Å². The highest BCUT2D eigenvalue weighted by Crippen LogP contribution is 2.19. The third-order valence-corrected chi connectivity index (χ3v) is 3.75. The number of allylic oxidation sites excluding steroid dienone is 2. The van der Waals surface area contributed by atoms with Crippen LogP contribution in [0.3, 0.4) is 0 Å². The first kappa shape index (κ1) is 11.5. The summed E-state index contributed by atoms with van der Waals surface area (Å²) in [7, 11) is 0. The van der Waals surface area contributed by atoms with Gasteiger partial charge in [-0.2, -0.15) is 0 Å². The number of hydrogen-bond acceptors (Lipinski definition) is 2. The Hall–Kier alpha value is -1.61. The van der Waals surface area contributed by atoms with Gasteiger partial charge in [-0.3, -0.25) is 4.79 Å². The molecule has 0 atom stereocenters. The molecular formula is C15H18N2O. The fourth-order valence-electron chi connectivity index (χ4n) is 2.62. The van der Waals surface area contributed by atoms with E-state index in [2.05, 4.69) is 41.0 Å². The van der Waals surface area contributed by atoms with Gasteiger partial charge in [0.15, 0.2) is 0 Å². The maximum absolute atomic E-state index is 11.9. The van der Waals surface area contributed by atoms with Crippen LogP contribution in [-0.4, -0.2) is 5.91 Å². The smallest absolute Gasteiger partial charge is 0.224 e. The third kappa shape index (κ3) is 2.31. The molecule has 1 amide bonds. The zero-order chi connectivity index (χ0) is 12.4. The largest absolute Gasteiger partial charge is 0.352 e. The van der Waals surface area contributed by atoms with Gasteiger partial charge in [-0.25, -0.2) is 0 Å². The Kier molecular flexibility index (Phi) is 3.15. The minimum Gasteiger partial charge on any atom is -0.352 e. The molecule has 0 aromatic heterocycles. The van der Waals surface area contributed by atoms with Crippen LogP contribution in [0.15, 0.2) is 30.4 Å². The molecule has 1 aromatic carbocycles. The van der Waals surface area contributed by atoms with Crippen LogP contribution in [0.1, 0.15) is 29.5 Å². The molecule has 1 aliphatic carbocycles. The molecule has 0 radical (unpaired) electrons. The molecule has 2 aliphatic rings. The van der Waals surface area contributed by atoms with Crippen LogP contribution in [0.2, 0.25) is 0 Å². The van der Waals surface area contributed by atoms with Crippen molar-refractivity contribution in [3.8, 4) is 0 Å². The van der Waals surface area contributed by atoms with E-state index in [1.807, 2.05) is 0 Å². The second kappa shape index (κ2) is 4.94. The van der Waals surface area contributed by atoms with Crippen molar-refractivity contribution in [2.45, 2.75) is 32.5 Å². The lowest BCUT2D eigenvalue weighted by atomic mass is 10.0.